The van der Waals surface area contributed by atoms with Crippen molar-refractivity contribution in [1.82, 2.24) is 10.2 Å². The molecule has 2 amide bonds. The zero-order chi connectivity index (χ0) is 10.6. The Bertz CT molecular complexity index is 252. The molecule has 5 heteroatoms. The minimum Gasteiger partial charge on any atom is -0.438 e. The van der Waals surface area contributed by atoms with E-state index in [4.69, 9.17) is 4.74 Å². The second kappa shape index (κ2) is 4.64. The van der Waals surface area contributed by atoms with Crippen LogP contribution in [0.5, 0.6) is 0 Å². The van der Waals surface area contributed by atoms with Gasteiger partial charge in [-0.05, 0) is 0 Å². The highest BCUT2D eigenvalue weighted by Crippen LogP contribution is 2.09. The molecule has 78 valence electrons. The summed E-state index contributed by atoms with van der Waals surface area (Å²) in [5.41, 5.74) is 0. The number of esters is 1. The van der Waals surface area contributed by atoms with E-state index in [1.54, 1.807) is 0 Å². The molecule has 1 rings (SSSR count). The third kappa shape index (κ3) is 2.25. The summed E-state index contributed by atoms with van der Waals surface area (Å²) >= 11 is 0. The average Bonchev–Trinajstić information content (AvgIpc) is 2.60. The molecule has 0 bridgehead atoms. The second-order valence-electron chi connectivity index (χ2n) is 2.93. The SMILES string of the molecule is C=CC(=O)OC(CC)N1CCNC1=O. The predicted octanol–water partition coefficient (Wildman–Crippen LogP) is 0.477. The van der Waals surface area contributed by atoms with Gasteiger partial charge in [0.1, 0.15) is 0 Å². The number of nitrogens with zero attached hydrogens (tertiary/aromatic N) is 1. The molecule has 1 saturated heterocycles. The highest BCUT2D eigenvalue weighted by atomic mass is 16.6. The average molecular weight is 198 g/mol. The lowest BCUT2D eigenvalue weighted by atomic mass is 10.4. The fourth-order valence-electron chi connectivity index (χ4n) is 1.31. The largest absolute Gasteiger partial charge is 0.438 e. The fourth-order valence-corrected chi connectivity index (χ4v) is 1.31. The molecule has 0 spiro atoms. The Labute approximate surface area is 82.7 Å². The Kier molecular flexibility index (Phi) is 3.50. The maximum Gasteiger partial charge on any atom is 0.332 e. The van der Waals surface area contributed by atoms with Crippen LogP contribution in [0.2, 0.25) is 0 Å². The van der Waals surface area contributed by atoms with Gasteiger partial charge >= 0.3 is 12.0 Å². The first-order valence-corrected chi connectivity index (χ1v) is 4.56. The van der Waals surface area contributed by atoms with E-state index in [0.717, 1.165) is 6.08 Å². The first-order chi connectivity index (χ1) is 6.69. The van der Waals surface area contributed by atoms with Crippen LogP contribution in [0.4, 0.5) is 4.79 Å². The summed E-state index contributed by atoms with van der Waals surface area (Å²) in [7, 11) is 0. The summed E-state index contributed by atoms with van der Waals surface area (Å²) in [6, 6.07) is -0.186. The van der Waals surface area contributed by atoms with E-state index < -0.39 is 12.2 Å². The van der Waals surface area contributed by atoms with Gasteiger partial charge in [-0.1, -0.05) is 13.5 Å². The van der Waals surface area contributed by atoms with Gasteiger partial charge < -0.3 is 10.1 Å². The number of hydrogen-bond acceptors (Lipinski definition) is 3. The van der Waals surface area contributed by atoms with Gasteiger partial charge in [0.2, 0.25) is 0 Å². The summed E-state index contributed by atoms with van der Waals surface area (Å²) in [6.45, 7) is 6.32. The van der Waals surface area contributed by atoms with Crippen LogP contribution in [-0.2, 0) is 9.53 Å². The normalized spacial score (nSPS) is 17.5. The molecule has 0 saturated carbocycles. The van der Waals surface area contributed by atoms with Gasteiger partial charge in [-0.25, -0.2) is 9.59 Å². The summed E-state index contributed by atoms with van der Waals surface area (Å²) in [6.07, 6.45) is 1.19. The molecule has 1 aliphatic heterocycles. The Morgan fingerprint density at radius 3 is 3.00 bits per heavy atom. The highest BCUT2D eigenvalue weighted by Gasteiger charge is 2.28. The summed E-state index contributed by atoms with van der Waals surface area (Å²) in [4.78, 5) is 23.7. The number of ether oxygens (including phenoxy) is 1. The molecule has 1 unspecified atom stereocenters. The molecular weight excluding hydrogens is 184 g/mol. The minimum atomic E-state index is -0.503. The van der Waals surface area contributed by atoms with Crippen molar-refractivity contribution in [2.45, 2.75) is 19.6 Å². The van der Waals surface area contributed by atoms with E-state index in [2.05, 4.69) is 11.9 Å². The third-order valence-corrected chi connectivity index (χ3v) is 2.01. The lowest BCUT2D eigenvalue weighted by Crippen LogP contribution is -2.40. The lowest BCUT2D eigenvalue weighted by molar-refractivity contribution is -0.149. The van der Waals surface area contributed by atoms with Gasteiger partial charge in [-0.2, -0.15) is 0 Å². The number of amides is 2. The molecule has 1 aliphatic rings. The van der Waals surface area contributed by atoms with Gasteiger partial charge in [0.25, 0.3) is 0 Å². The quantitative estimate of drug-likeness (QED) is 0.528. The molecule has 1 fully saturated rings. The van der Waals surface area contributed by atoms with Crippen LogP contribution in [-0.4, -0.2) is 36.2 Å². The zero-order valence-corrected chi connectivity index (χ0v) is 8.16. The molecule has 0 aromatic carbocycles. The van der Waals surface area contributed by atoms with Crippen LogP contribution in [0.3, 0.4) is 0 Å². The molecule has 1 atom stereocenters. The van der Waals surface area contributed by atoms with Crippen LogP contribution < -0.4 is 5.32 Å². The number of carbonyl (C=O) groups excluding carboxylic acids is 2. The van der Waals surface area contributed by atoms with E-state index in [-0.39, 0.29) is 6.03 Å². The van der Waals surface area contributed by atoms with Gasteiger partial charge in [-0.3, -0.25) is 4.90 Å². The molecule has 5 nitrogen and oxygen atoms in total. The highest BCUT2D eigenvalue weighted by molar-refractivity contribution is 5.82. The first-order valence-electron chi connectivity index (χ1n) is 4.56. The fraction of sp³-hybridized carbons (Fsp3) is 0.556. The Balaban J connectivity index is 2.56. The molecule has 0 aliphatic carbocycles. The maximum atomic E-state index is 11.2. The first kappa shape index (κ1) is 10.6. The van der Waals surface area contributed by atoms with Crippen LogP contribution >= 0.6 is 0 Å². The standard InChI is InChI=1S/C9H14N2O3/c1-3-7(14-8(12)4-2)11-6-5-10-9(11)13/h4,7H,2-3,5-6H2,1H3,(H,10,13). The van der Waals surface area contributed by atoms with E-state index in [9.17, 15) is 9.59 Å². The van der Waals surface area contributed by atoms with E-state index in [0.29, 0.717) is 19.5 Å². The number of rotatable bonds is 4. The minimum absolute atomic E-state index is 0.186. The predicted molar refractivity (Wildman–Crippen MR) is 50.5 cm³/mol. The van der Waals surface area contributed by atoms with Crippen molar-refractivity contribution in [2.24, 2.45) is 0 Å². The lowest BCUT2D eigenvalue weighted by Gasteiger charge is -2.24. The van der Waals surface area contributed by atoms with Crippen LogP contribution in [0.1, 0.15) is 13.3 Å². The summed E-state index contributed by atoms with van der Waals surface area (Å²) < 4.78 is 5.01. The summed E-state index contributed by atoms with van der Waals surface area (Å²) in [5.74, 6) is -0.503. The van der Waals surface area contributed by atoms with Crippen LogP contribution in [0, 0.1) is 0 Å². The third-order valence-electron chi connectivity index (χ3n) is 2.01. The van der Waals surface area contributed by atoms with Gasteiger partial charge in [-0.15, -0.1) is 0 Å². The van der Waals surface area contributed by atoms with Crippen LogP contribution in [0.25, 0.3) is 0 Å². The molecule has 0 aromatic rings. The van der Waals surface area contributed by atoms with Gasteiger partial charge in [0.05, 0.1) is 0 Å². The zero-order valence-electron chi connectivity index (χ0n) is 8.16. The second-order valence-corrected chi connectivity index (χ2v) is 2.93. The van der Waals surface area contributed by atoms with Crippen molar-refractivity contribution >= 4 is 12.0 Å². The van der Waals surface area contributed by atoms with Crippen molar-refractivity contribution in [3.8, 4) is 0 Å². The molecular formula is C9H14N2O3. The monoisotopic (exact) mass is 198 g/mol. The number of hydrogen-bond donors (Lipinski definition) is 1. The van der Waals surface area contributed by atoms with Gasteiger partial charge in [0, 0.05) is 25.6 Å². The smallest absolute Gasteiger partial charge is 0.332 e. The Morgan fingerprint density at radius 2 is 2.57 bits per heavy atom. The van der Waals surface area contributed by atoms with Crippen molar-refractivity contribution in [2.75, 3.05) is 13.1 Å². The molecule has 1 heterocycles. The Hall–Kier alpha value is -1.52. The van der Waals surface area contributed by atoms with Crippen molar-refractivity contribution in [3.05, 3.63) is 12.7 Å². The molecule has 14 heavy (non-hydrogen) atoms. The van der Waals surface area contributed by atoms with E-state index >= 15 is 0 Å². The van der Waals surface area contributed by atoms with E-state index in [1.165, 1.54) is 4.90 Å². The maximum absolute atomic E-state index is 11.2. The number of carbonyl (C=O) groups is 2. The Morgan fingerprint density at radius 1 is 1.86 bits per heavy atom. The number of urea groups is 1. The summed E-state index contributed by atoms with van der Waals surface area (Å²) in [5, 5.41) is 2.65. The molecule has 0 radical (unpaired) electrons. The molecule has 1 N–H and O–H groups in total. The van der Waals surface area contributed by atoms with E-state index in [1.807, 2.05) is 6.92 Å². The van der Waals surface area contributed by atoms with Crippen molar-refractivity contribution in [1.29, 1.82) is 0 Å². The topological polar surface area (TPSA) is 58.6 Å². The molecule has 0 aromatic heterocycles. The number of nitrogens with one attached hydrogen (secondary N) is 1. The van der Waals surface area contributed by atoms with Gasteiger partial charge in [0.15, 0.2) is 6.23 Å². The van der Waals surface area contributed by atoms with Crippen molar-refractivity contribution < 1.29 is 14.3 Å². The van der Waals surface area contributed by atoms with Crippen LogP contribution in [0.15, 0.2) is 12.7 Å². The van der Waals surface area contributed by atoms with Crippen molar-refractivity contribution in [3.63, 3.8) is 0 Å².